The highest BCUT2D eigenvalue weighted by Crippen LogP contribution is 2.38. The van der Waals surface area contributed by atoms with Crippen LogP contribution in [0.1, 0.15) is 35.7 Å². The van der Waals surface area contributed by atoms with Gasteiger partial charge in [-0.1, -0.05) is 12.1 Å². The molecule has 1 atom stereocenters. The van der Waals surface area contributed by atoms with Crippen LogP contribution in [0, 0.1) is 0 Å². The Morgan fingerprint density at radius 1 is 1.15 bits per heavy atom. The predicted octanol–water partition coefficient (Wildman–Crippen LogP) is 2.33. The number of hydrogen-bond acceptors (Lipinski definition) is 3. The Morgan fingerprint density at radius 2 is 1.67 bits per heavy atom. The van der Waals surface area contributed by atoms with Crippen molar-refractivity contribution in [1.29, 1.82) is 0 Å². The van der Waals surface area contributed by atoms with Crippen LogP contribution in [0.15, 0.2) is 24.3 Å². The first kappa shape index (κ1) is 21.0. The molecule has 1 aromatic carbocycles. The van der Waals surface area contributed by atoms with Crippen molar-refractivity contribution in [2.24, 2.45) is 0 Å². The Labute approximate surface area is 155 Å². The maximum absolute atomic E-state index is 12.9. The fourth-order valence-electron chi connectivity index (χ4n) is 2.88. The number of aliphatic hydroxyl groups is 1. The fraction of sp³-hybridized carbons (Fsp3) is 0.556. The van der Waals surface area contributed by atoms with E-state index in [1.165, 1.54) is 17.0 Å². The van der Waals surface area contributed by atoms with Crippen molar-refractivity contribution in [3.05, 3.63) is 35.4 Å². The number of rotatable bonds is 3. The summed E-state index contributed by atoms with van der Waals surface area (Å²) in [5.74, 6) is -0.398. The number of carbonyl (C=O) groups excluding carboxylic acids is 2. The number of likely N-dealkylation sites (tertiary alicyclic amines) is 1. The van der Waals surface area contributed by atoms with E-state index in [2.05, 4.69) is 5.32 Å². The first-order valence-corrected chi connectivity index (χ1v) is 8.60. The molecule has 3 amide bonds. The van der Waals surface area contributed by atoms with E-state index in [0.29, 0.717) is 32.9 Å². The second-order valence-corrected chi connectivity index (χ2v) is 7.06. The average Bonchev–Trinajstić information content (AvgIpc) is 2.60. The molecule has 1 aliphatic heterocycles. The number of urea groups is 1. The summed E-state index contributed by atoms with van der Waals surface area (Å²) in [4.78, 5) is 27.4. The van der Waals surface area contributed by atoms with Gasteiger partial charge in [-0.15, -0.1) is 0 Å². The van der Waals surface area contributed by atoms with Gasteiger partial charge in [-0.3, -0.25) is 4.79 Å². The zero-order valence-electron chi connectivity index (χ0n) is 15.5. The summed E-state index contributed by atoms with van der Waals surface area (Å²) >= 11 is 0. The molecule has 0 spiro atoms. The molecular formula is C18H24F3N3O3. The normalized spacial score (nSPS) is 18.0. The third-order valence-electron chi connectivity index (χ3n) is 4.74. The number of hydrogen-bond donors (Lipinski definition) is 2. The zero-order valence-corrected chi connectivity index (χ0v) is 15.5. The van der Waals surface area contributed by atoms with Crippen molar-refractivity contribution in [3.8, 4) is 0 Å². The average molecular weight is 387 g/mol. The molecule has 0 radical (unpaired) electrons. The van der Waals surface area contributed by atoms with Crippen LogP contribution in [-0.4, -0.2) is 66.2 Å². The quantitative estimate of drug-likeness (QED) is 0.836. The Balaban J connectivity index is 1.95. The van der Waals surface area contributed by atoms with E-state index >= 15 is 0 Å². The second kappa shape index (κ2) is 7.75. The van der Waals surface area contributed by atoms with Crippen molar-refractivity contribution < 1.29 is 27.9 Å². The zero-order chi connectivity index (χ0) is 20.4. The van der Waals surface area contributed by atoms with Crippen molar-refractivity contribution in [2.75, 3.05) is 27.2 Å². The first-order valence-electron chi connectivity index (χ1n) is 8.60. The van der Waals surface area contributed by atoms with Crippen molar-refractivity contribution >= 4 is 11.9 Å². The number of nitrogens with one attached hydrogen (secondary N) is 1. The Kier molecular flexibility index (Phi) is 6.04. The van der Waals surface area contributed by atoms with Crippen molar-refractivity contribution in [2.45, 2.75) is 37.6 Å². The molecule has 0 aromatic heterocycles. The predicted molar refractivity (Wildman–Crippen MR) is 93.2 cm³/mol. The van der Waals surface area contributed by atoms with Crippen LogP contribution in [0.5, 0.6) is 0 Å². The minimum absolute atomic E-state index is 0.0768. The van der Waals surface area contributed by atoms with Gasteiger partial charge in [0.1, 0.15) is 0 Å². The summed E-state index contributed by atoms with van der Waals surface area (Å²) in [6.45, 7) is 1.72. The van der Waals surface area contributed by atoms with Gasteiger partial charge in [-0.25, -0.2) is 4.79 Å². The topological polar surface area (TPSA) is 72.9 Å². The summed E-state index contributed by atoms with van der Waals surface area (Å²) in [6, 6.07) is 4.53. The lowest BCUT2D eigenvalue weighted by Gasteiger charge is -2.34. The summed E-state index contributed by atoms with van der Waals surface area (Å²) < 4.78 is 38.6. The molecule has 2 N–H and O–H groups in total. The molecule has 0 bridgehead atoms. The lowest BCUT2D eigenvalue weighted by Crippen LogP contribution is -2.49. The number of nitrogens with zero attached hydrogens (tertiary/aromatic N) is 2. The van der Waals surface area contributed by atoms with Gasteiger partial charge in [0.05, 0.1) is 0 Å². The highest BCUT2D eigenvalue weighted by atomic mass is 19.4. The highest BCUT2D eigenvalue weighted by molar-refractivity contribution is 5.94. The number of halogens is 3. The number of alkyl halides is 3. The van der Waals surface area contributed by atoms with Crippen LogP contribution in [0.25, 0.3) is 0 Å². The lowest BCUT2D eigenvalue weighted by molar-refractivity contribution is -0.258. The molecule has 2 rings (SSSR count). The lowest BCUT2D eigenvalue weighted by atomic mass is 9.94. The van der Waals surface area contributed by atoms with E-state index in [4.69, 9.17) is 0 Å². The van der Waals surface area contributed by atoms with Crippen LogP contribution < -0.4 is 5.32 Å². The molecule has 1 aliphatic rings. The van der Waals surface area contributed by atoms with E-state index in [-0.39, 0.29) is 23.2 Å². The van der Waals surface area contributed by atoms with Crippen LogP contribution in [-0.2, 0) is 5.60 Å². The summed E-state index contributed by atoms with van der Waals surface area (Å²) in [7, 11) is 3.35. The van der Waals surface area contributed by atoms with E-state index in [9.17, 15) is 27.9 Å². The minimum Gasteiger partial charge on any atom is -0.376 e. The largest absolute Gasteiger partial charge is 0.421 e. The van der Waals surface area contributed by atoms with Gasteiger partial charge < -0.3 is 20.2 Å². The Morgan fingerprint density at radius 3 is 2.11 bits per heavy atom. The van der Waals surface area contributed by atoms with Gasteiger partial charge in [0.2, 0.25) is 0 Å². The van der Waals surface area contributed by atoms with Crippen LogP contribution in [0.4, 0.5) is 18.0 Å². The molecule has 9 heteroatoms. The summed E-state index contributed by atoms with van der Waals surface area (Å²) in [5.41, 5.74) is -3.10. The molecule has 1 saturated heterocycles. The summed E-state index contributed by atoms with van der Waals surface area (Å²) in [6.07, 6.45) is -3.60. The summed E-state index contributed by atoms with van der Waals surface area (Å²) in [5, 5.41) is 12.5. The van der Waals surface area contributed by atoms with Gasteiger partial charge in [0, 0.05) is 38.8 Å². The number of piperidine rings is 1. The van der Waals surface area contributed by atoms with Gasteiger partial charge >= 0.3 is 12.2 Å². The molecular weight excluding hydrogens is 363 g/mol. The molecule has 1 heterocycles. The highest BCUT2D eigenvalue weighted by Gasteiger charge is 2.51. The molecule has 27 heavy (non-hydrogen) atoms. The standard InChI is InChI=1S/C18H24F3N3O3/c1-17(27,18(19,20)21)13-6-4-12(5-7-13)15(25)22-14-8-10-24(11-9-14)16(26)23(2)3/h4-7,14,27H,8-11H2,1-3H3,(H,22,25)/t17-/m0/s1. The van der Waals surface area contributed by atoms with Crippen molar-refractivity contribution in [3.63, 3.8) is 0 Å². The number of benzene rings is 1. The fourth-order valence-corrected chi connectivity index (χ4v) is 2.88. The molecule has 150 valence electrons. The maximum Gasteiger partial charge on any atom is 0.421 e. The third-order valence-corrected chi connectivity index (χ3v) is 4.74. The Hall–Kier alpha value is -2.29. The van der Waals surface area contributed by atoms with E-state index < -0.39 is 17.7 Å². The van der Waals surface area contributed by atoms with Crippen LogP contribution in [0.2, 0.25) is 0 Å². The van der Waals surface area contributed by atoms with Crippen LogP contribution >= 0.6 is 0 Å². The Bertz CT molecular complexity index is 679. The van der Waals surface area contributed by atoms with Gasteiger partial charge in [0.25, 0.3) is 5.91 Å². The monoisotopic (exact) mass is 387 g/mol. The molecule has 0 saturated carbocycles. The van der Waals surface area contributed by atoms with Crippen LogP contribution in [0.3, 0.4) is 0 Å². The number of carbonyl (C=O) groups is 2. The molecule has 1 fully saturated rings. The molecule has 6 nitrogen and oxygen atoms in total. The molecule has 0 unspecified atom stereocenters. The maximum atomic E-state index is 12.9. The first-order chi connectivity index (χ1) is 12.4. The van der Waals surface area contributed by atoms with Gasteiger partial charge in [-0.05, 0) is 37.5 Å². The van der Waals surface area contributed by atoms with Gasteiger partial charge in [0.15, 0.2) is 5.60 Å². The second-order valence-electron chi connectivity index (χ2n) is 7.06. The van der Waals surface area contributed by atoms with Crippen molar-refractivity contribution in [1.82, 2.24) is 15.1 Å². The SMILES string of the molecule is CN(C)C(=O)N1CCC(NC(=O)c2ccc([C@](C)(O)C(F)(F)F)cc2)CC1. The number of amides is 3. The van der Waals surface area contributed by atoms with E-state index in [1.807, 2.05) is 0 Å². The molecule has 1 aromatic rings. The van der Waals surface area contributed by atoms with Gasteiger partial charge in [-0.2, -0.15) is 13.2 Å². The minimum atomic E-state index is -4.81. The molecule has 0 aliphatic carbocycles. The van der Waals surface area contributed by atoms with E-state index in [1.54, 1.807) is 19.0 Å². The third kappa shape index (κ3) is 4.71. The van der Waals surface area contributed by atoms with E-state index in [0.717, 1.165) is 12.1 Å². The smallest absolute Gasteiger partial charge is 0.376 e.